The molecule has 47 heavy (non-hydrogen) atoms. The second kappa shape index (κ2) is 11.3. The van der Waals surface area contributed by atoms with Crippen molar-refractivity contribution < 1.29 is 21.1 Å². The van der Waals surface area contributed by atoms with Crippen molar-refractivity contribution in [3.63, 3.8) is 0 Å². The van der Waals surface area contributed by atoms with Crippen molar-refractivity contribution in [2.24, 2.45) is 0 Å². The van der Waals surface area contributed by atoms with Gasteiger partial charge in [0.25, 0.3) is 0 Å². The van der Waals surface area contributed by atoms with E-state index < -0.39 is 11.1 Å². The van der Waals surface area contributed by atoms with E-state index in [0.717, 1.165) is 43.1 Å². The number of fused-ring (bicyclic) bond motifs is 16. The molecule has 9 aromatic rings. The fourth-order valence-electron chi connectivity index (χ4n) is 6.54. The third-order valence-electron chi connectivity index (χ3n) is 8.65. The summed E-state index contributed by atoms with van der Waals surface area (Å²) in [5.74, 6) is 0. The van der Waals surface area contributed by atoms with Crippen molar-refractivity contribution in [1.82, 2.24) is 19.9 Å². The zero-order chi connectivity index (χ0) is 30.8. The van der Waals surface area contributed by atoms with Gasteiger partial charge in [0, 0.05) is 10.8 Å². The summed E-state index contributed by atoms with van der Waals surface area (Å²) in [4.78, 5) is 47.7. The van der Waals surface area contributed by atoms with Gasteiger partial charge in [0.1, 0.15) is 11.1 Å². The number of aromatic nitrogens is 4. The monoisotopic (exact) mass is 785 g/mol. The smallest absolute Gasteiger partial charge is 0.621 e. The summed E-state index contributed by atoms with van der Waals surface area (Å²) < 4.78 is 0. The average Bonchev–Trinajstić information content (AvgIpc) is 3.10. The molecule has 0 radical (unpaired) electrons. The molecule has 0 spiro atoms. The molecular formula is C40H22N4O2Pt. The standard InChI is InChI=1S/C40H24N4O2.Pt/c45-39-34-22-26-12-4-8-16-30(26)38(42-34)36-28-14-6-2-10-24(28)18-20-32(36)44-40(46)33-21-25-11-3-7-15-29(25)37(41-33)35-27-13-5-1-9-23(27)17-19-31(35)43-39;/h1-22H,(H2,41,42,43,44,45,46);/q;+2/p-2. The summed E-state index contributed by atoms with van der Waals surface area (Å²) in [7, 11) is 0. The van der Waals surface area contributed by atoms with Crippen LogP contribution in [0.25, 0.3) is 87.0 Å². The molecule has 0 unspecified atom stereocenters. The van der Waals surface area contributed by atoms with Crippen molar-refractivity contribution in [2.75, 3.05) is 0 Å². The largest absolute Gasteiger partial charge is 2.00 e. The summed E-state index contributed by atoms with van der Waals surface area (Å²) in [6.07, 6.45) is 0. The zero-order valence-electron chi connectivity index (χ0n) is 24.6. The minimum atomic E-state index is -0.476. The number of hydrogen-bond donors (Lipinski definition) is 0. The number of nitrogens with zero attached hydrogens (tertiary/aromatic N) is 4. The molecule has 0 N–H and O–H groups in total. The predicted octanol–water partition coefficient (Wildman–Crippen LogP) is 8.02. The number of benzene rings is 6. The van der Waals surface area contributed by atoms with Gasteiger partial charge in [-0.25, -0.2) is 9.97 Å². The molecule has 224 valence electrons. The van der Waals surface area contributed by atoms with Crippen LogP contribution < -0.4 is 21.1 Å². The van der Waals surface area contributed by atoms with E-state index in [-0.39, 0.29) is 32.1 Å². The molecule has 9 rings (SSSR count). The van der Waals surface area contributed by atoms with Gasteiger partial charge >= 0.3 is 21.1 Å². The quantitative estimate of drug-likeness (QED) is 0.155. The summed E-state index contributed by atoms with van der Waals surface area (Å²) in [5, 5.41) is 8.34. The Morgan fingerprint density at radius 3 is 1.19 bits per heavy atom. The first-order chi connectivity index (χ1) is 22.6. The van der Waals surface area contributed by atoms with E-state index in [1.165, 1.54) is 0 Å². The Morgan fingerprint density at radius 2 is 0.766 bits per heavy atom. The molecule has 4 bridgehead atoms. The van der Waals surface area contributed by atoms with Crippen LogP contribution in [0.1, 0.15) is 0 Å². The van der Waals surface area contributed by atoms with Gasteiger partial charge in [0.2, 0.25) is 0 Å². The molecule has 7 heteroatoms. The van der Waals surface area contributed by atoms with Gasteiger partial charge in [-0.1, -0.05) is 121 Å². The van der Waals surface area contributed by atoms with Crippen LogP contribution >= 0.6 is 0 Å². The van der Waals surface area contributed by atoms with Crippen LogP contribution in [0.3, 0.4) is 0 Å². The maximum Gasteiger partial charge on any atom is 2.00 e. The van der Waals surface area contributed by atoms with Crippen LogP contribution in [0.5, 0.6) is 0 Å². The minimum absolute atomic E-state index is 0. The number of pyridine rings is 2. The van der Waals surface area contributed by atoms with E-state index in [1.54, 1.807) is 12.1 Å². The Balaban J connectivity index is 0.00000324. The molecule has 0 atom stereocenters. The second-order valence-electron chi connectivity index (χ2n) is 11.4. The maximum absolute atomic E-state index is 14.2. The van der Waals surface area contributed by atoms with Crippen LogP contribution in [0.15, 0.2) is 143 Å². The molecule has 0 aliphatic heterocycles. The molecule has 0 fully saturated rings. The van der Waals surface area contributed by atoms with E-state index in [4.69, 9.17) is 19.9 Å². The van der Waals surface area contributed by atoms with E-state index >= 15 is 0 Å². The average molecular weight is 786 g/mol. The molecule has 0 aliphatic rings. The Labute approximate surface area is 281 Å². The van der Waals surface area contributed by atoms with Crippen molar-refractivity contribution in [1.29, 1.82) is 0 Å². The Kier molecular flexibility index (Phi) is 6.89. The zero-order valence-corrected chi connectivity index (χ0v) is 26.9. The van der Waals surface area contributed by atoms with Crippen LogP contribution in [0.2, 0.25) is 0 Å². The fraction of sp³-hybridized carbons (Fsp3) is 0. The van der Waals surface area contributed by atoms with Crippen LogP contribution in [0, 0.1) is 0 Å². The molecule has 0 saturated heterocycles. The van der Waals surface area contributed by atoms with Gasteiger partial charge in [-0.2, -0.15) is 0 Å². The van der Waals surface area contributed by atoms with E-state index in [2.05, 4.69) is 0 Å². The second-order valence-corrected chi connectivity index (χ2v) is 11.4. The molecule has 6 aromatic carbocycles. The van der Waals surface area contributed by atoms with Gasteiger partial charge in [-0.05, 0) is 55.2 Å². The molecule has 0 aliphatic carbocycles. The third kappa shape index (κ3) is 4.68. The van der Waals surface area contributed by atoms with Crippen molar-refractivity contribution in [3.05, 3.63) is 154 Å². The van der Waals surface area contributed by atoms with Crippen molar-refractivity contribution in [2.45, 2.75) is 0 Å². The molecule has 0 saturated carbocycles. The van der Waals surface area contributed by atoms with E-state index in [0.29, 0.717) is 32.8 Å². The summed E-state index contributed by atoms with van der Waals surface area (Å²) in [5.41, 5.74) is 1.45. The van der Waals surface area contributed by atoms with Gasteiger partial charge in [-0.3, -0.25) is 0 Å². The molecular weight excluding hydrogens is 764 g/mol. The predicted molar refractivity (Wildman–Crippen MR) is 188 cm³/mol. The molecule has 6 nitrogen and oxygen atoms in total. The van der Waals surface area contributed by atoms with Crippen LogP contribution in [0.4, 0.5) is 0 Å². The fourth-order valence-corrected chi connectivity index (χ4v) is 6.54. The molecule has 3 aromatic heterocycles. The first kappa shape index (κ1) is 28.7. The Hall–Kier alpha value is -5.71. The first-order valence-corrected chi connectivity index (χ1v) is 15.0. The normalized spacial score (nSPS) is 11.4. The van der Waals surface area contributed by atoms with Crippen molar-refractivity contribution in [3.8, 4) is 0 Å². The van der Waals surface area contributed by atoms with E-state index in [1.807, 2.05) is 121 Å². The van der Waals surface area contributed by atoms with Gasteiger partial charge in [0.15, 0.2) is 0 Å². The van der Waals surface area contributed by atoms with Gasteiger partial charge in [-0.15, -0.1) is 11.0 Å². The topological polar surface area (TPSA) is 88.1 Å². The SMILES string of the molecule is O=c1[n-]c2ccc3ccccc3c2c2nc(cc3ccccc32)c(=O)[n-]c2ccc3ccccc3c2c2nc1cc1ccccc12.[Pt+2]. The van der Waals surface area contributed by atoms with Crippen molar-refractivity contribution >= 4 is 87.0 Å². The van der Waals surface area contributed by atoms with Crippen LogP contribution in [-0.4, -0.2) is 9.97 Å². The third-order valence-corrected chi connectivity index (χ3v) is 8.65. The molecule has 0 amide bonds. The summed E-state index contributed by atoms with van der Waals surface area (Å²) >= 11 is 0. The number of rotatable bonds is 0. The Bertz CT molecular complexity index is 2780. The molecule has 3 heterocycles. The van der Waals surface area contributed by atoms with E-state index in [9.17, 15) is 9.59 Å². The van der Waals surface area contributed by atoms with Crippen LogP contribution in [-0.2, 0) is 21.1 Å². The minimum Gasteiger partial charge on any atom is -0.621 e. The first-order valence-electron chi connectivity index (χ1n) is 15.0. The number of hydrogen-bond acceptors (Lipinski definition) is 4. The maximum atomic E-state index is 14.2. The van der Waals surface area contributed by atoms with Gasteiger partial charge < -0.3 is 19.6 Å². The Morgan fingerprint density at radius 1 is 0.404 bits per heavy atom. The van der Waals surface area contributed by atoms with Gasteiger partial charge in [0.05, 0.1) is 22.1 Å². The summed E-state index contributed by atoms with van der Waals surface area (Å²) in [6, 6.07) is 42.5. The summed E-state index contributed by atoms with van der Waals surface area (Å²) in [6.45, 7) is 0.